The topological polar surface area (TPSA) is 17.1 Å². The van der Waals surface area contributed by atoms with Crippen LogP contribution in [-0.4, -0.2) is 5.78 Å². The molecule has 0 unspecified atom stereocenters. The van der Waals surface area contributed by atoms with Gasteiger partial charge < -0.3 is 0 Å². The summed E-state index contributed by atoms with van der Waals surface area (Å²) in [5, 5.41) is 0. The van der Waals surface area contributed by atoms with Crippen molar-refractivity contribution >= 4 is 11.9 Å². The van der Waals surface area contributed by atoms with Gasteiger partial charge in [-0.05, 0) is 17.9 Å². The van der Waals surface area contributed by atoms with Gasteiger partial charge in [-0.25, -0.2) is 0 Å². The predicted molar refractivity (Wildman–Crippen MR) is 77.8 cm³/mol. The lowest BCUT2D eigenvalue weighted by molar-refractivity contribution is 0.0964. The van der Waals surface area contributed by atoms with Crippen molar-refractivity contribution in [3.63, 3.8) is 0 Å². The molecule has 1 nitrogen and oxygen atoms in total. The Morgan fingerprint density at radius 3 is 2.26 bits per heavy atom. The van der Waals surface area contributed by atoms with Crippen molar-refractivity contribution in [2.24, 2.45) is 11.8 Å². The molecule has 0 radical (unpaired) electrons. The number of carbonyl (C=O) groups excluding carboxylic acids is 1. The number of benzene rings is 2. The molecule has 1 aliphatic rings. The third-order valence-electron chi connectivity index (χ3n) is 3.57. The molecule has 0 bridgehead atoms. The highest BCUT2D eigenvalue weighted by Crippen LogP contribution is 2.42. The quantitative estimate of drug-likeness (QED) is 0.740. The Hall–Kier alpha value is -2.15. The SMILES string of the molecule is O=C(c1ccccc1)[C@H]1C[C@@H]1/C=C/c1ccccc1. The molecule has 19 heavy (non-hydrogen) atoms. The molecule has 2 aromatic rings. The minimum Gasteiger partial charge on any atom is -0.294 e. The van der Waals surface area contributed by atoms with E-state index in [1.807, 2.05) is 48.5 Å². The summed E-state index contributed by atoms with van der Waals surface area (Å²) in [6.07, 6.45) is 5.26. The largest absolute Gasteiger partial charge is 0.294 e. The van der Waals surface area contributed by atoms with Crippen molar-refractivity contribution in [2.45, 2.75) is 6.42 Å². The van der Waals surface area contributed by atoms with E-state index in [4.69, 9.17) is 0 Å². The Morgan fingerprint density at radius 2 is 1.58 bits per heavy atom. The van der Waals surface area contributed by atoms with Crippen LogP contribution in [0.15, 0.2) is 66.7 Å². The summed E-state index contributed by atoms with van der Waals surface area (Å²) < 4.78 is 0. The molecule has 3 rings (SSSR count). The third kappa shape index (κ3) is 2.82. The Morgan fingerprint density at radius 1 is 0.947 bits per heavy atom. The Bertz CT molecular complexity index is 584. The van der Waals surface area contributed by atoms with Crippen molar-refractivity contribution < 1.29 is 4.79 Å². The number of Topliss-reactive ketones (excluding diaryl/α,β-unsaturated/α-hetero) is 1. The van der Waals surface area contributed by atoms with Crippen LogP contribution in [0.3, 0.4) is 0 Å². The number of hydrogen-bond donors (Lipinski definition) is 0. The van der Waals surface area contributed by atoms with Gasteiger partial charge in [0.15, 0.2) is 5.78 Å². The second kappa shape index (κ2) is 5.23. The average Bonchev–Trinajstić information content (AvgIpc) is 3.26. The standard InChI is InChI=1S/C18H16O/c19-18(15-9-5-2-6-10-15)17-13-16(17)12-11-14-7-3-1-4-8-14/h1-12,16-17H,13H2/b12-11+/t16-,17-/m0/s1. The van der Waals surface area contributed by atoms with Gasteiger partial charge >= 0.3 is 0 Å². The molecule has 0 spiro atoms. The summed E-state index contributed by atoms with van der Waals surface area (Å²) in [7, 11) is 0. The first-order valence-corrected chi connectivity index (χ1v) is 6.67. The number of ketones is 1. The Balaban J connectivity index is 1.63. The highest BCUT2D eigenvalue weighted by atomic mass is 16.1. The second-order valence-corrected chi connectivity index (χ2v) is 5.01. The molecular weight excluding hydrogens is 232 g/mol. The first kappa shape index (κ1) is 11.9. The average molecular weight is 248 g/mol. The summed E-state index contributed by atoms with van der Waals surface area (Å²) in [6, 6.07) is 19.8. The van der Waals surface area contributed by atoms with Crippen LogP contribution in [-0.2, 0) is 0 Å². The van der Waals surface area contributed by atoms with Crippen molar-refractivity contribution in [1.82, 2.24) is 0 Å². The van der Waals surface area contributed by atoms with E-state index in [1.54, 1.807) is 0 Å². The smallest absolute Gasteiger partial charge is 0.166 e. The van der Waals surface area contributed by atoms with Gasteiger partial charge in [0.1, 0.15) is 0 Å². The molecule has 0 N–H and O–H groups in total. The monoisotopic (exact) mass is 248 g/mol. The van der Waals surface area contributed by atoms with E-state index in [-0.39, 0.29) is 11.7 Å². The number of allylic oxidation sites excluding steroid dienone is 1. The normalized spacial score (nSPS) is 21.5. The molecule has 0 saturated heterocycles. The first-order valence-electron chi connectivity index (χ1n) is 6.67. The molecule has 1 saturated carbocycles. The zero-order valence-electron chi connectivity index (χ0n) is 10.7. The molecule has 0 aromatic heterocycles. The van der Waals surface area contributed by atoms with Gasteiger partial charge in [-0.2, -0.15) is 0 Å². The van der Waals surface area contributed by atoms with E-state index >= 15 is 0 Å². The fourth-order valence-corrected chi connectivity index (χ4v) is 2.34. The molecule has 2 aromatic carbocycles. The Kier molecular flexibility index (Phi) is 3.28. The summed E-state index contributed by atoms with van der Waals surface area (Å²) >= 11 is 0. The minimum atomic E-state index is 0.183. The van der Waals surface area contributed by atoms with E-state index < -0.39 is 0 Å². The lowest BCUT2D eigenvalue weighted by Crippen LogP contribution is -2.02. The lowest BCUT2D eigenvalue weighted by atomic mass is 10.1. The second-order valence-electron chi connectivity index (χ2n) is 5.01. The number of hydrogen-bond acceptors (Lipinski definition) is 1. The van der Waals surface area contributed by atoms with Crippen LogP contribution in [0.2, 0.25) is 0 Å². The van der Waals surface area contributed by atoms with Crippen LogP contribution in [0.1, 0.15) is 22.3 Å². The van der Waals surface area contributed by atoms with Crippen molar-refractivity contribution in [2.75, 3.05) is 0 Å². The lowest BCUT2D eigenvalue weighted by Gasteiger charge is -1.97. The van der Waals surface area contributed by atoms with Crippen molar-refractivity contribution in [1.29, 1.82) is 0 Å². The zero-order chi connectivity index (χ0) is 13.1. The first-order chi connectivity index (χ1) is 9.34. The van der Waals surface area contributed by atoms with Crippen LogP contribution in [0.5, 0.6) is 0 Å². The van der Waals surface area contributed by atoms with Crippen LogP contribution >= 0.6 is 0 Å². The predicted octanol–water partition coefficient (Wildman–Crippen LogP) is 4.22. The molecule has 0 amide bonds. The van der Waals surface area contributed by atoms with Gasteiger partial charge in [-0.15, -0.1) is 0 Å². The van der Waals surface area contributed by atoms with Crippen molar-refractivity contribution in [3.8, 4) is 0 Å². The molecule has 1 aliphatic carbocycles. The summed E-state index contributed by atoms with van der Waals surface area (Å²) in [4.78, 5) is 12.2. The van der Waals surface area contributed by atoms with Gasteiger partial charge in [0.2, 0.25) is 0 Å². The molecule has 0 heterocycles. The maximum Gasteiger partial charge on any atom is 0.166 e. The van der Waals surface area contributed by atoms with E-state index in [2.05, 4.69) is 24.3 Å². The maximum atomic E-state index is 12.2. The van der Waals surface area contributed by atoms with Crippen LogP contribution in [0.4, 0.5) is 0 Å². The number of rotatable bonds is 4. The van der Waals surface area contributed by atoms with E-state index in [1.165, 1.54) is 5.56 Å². The van der Waals surface area contributed by atoms with Gasteiger partial charge in [0.25, 0.3) is 0 Å². The van der Waals surface area contributed by atoms with Gasteiger partial charge in [0, 0.05) is 11.5 Å². The van der Waals surface area contributed by atoms with E-state index in [0.29, 0.717) is 5.92 Å². The van der Waals surface area contributed by atoms with Gasteiger partial charge in [0.05, 0.1) is 0 Å². The minimum absolute atomic E-state index is 0.183. The van der Waals surface area contributed by atoms with Crippen LogP contribution in [0.25, 0.3) is 6.08 Å². The maximum absolute atomic E-state index is 12.2. The fraction of sp³-hybridized carbons (Fsp3) is 0.167. The van der Waals surface area contributed by atoms with E-state index in [0.717, 1.165) is 12.0 Å². The molecule has 1 heteroatoms. The summed E-state index contributed by atoms with van der Waals surface area (Å²) in [6.45, 7) is 0. The number of carbonyl (C=O) groups is 1. The highest BCUT2D eigenvalue weighted by molar-refractivity contribution is 5.99. The third-order valence-corrected chi connectivity index (χ3v) is 3.57. The van der Waals surface area contributed by atoms with Gasteiger partial charge in [-0.1, -0.05) is 72.8 Å². The Labute approximate surface area is 113 Å². The highest BCUT2D eigenvalue weighted by Gasteiger charge is 2.40. The van der Waals surface area contributed by atoms with Crippen LogP contribution < -0.4 is 0 Å². The molecule has 1 fully saturated rings. The fourth-order valence-electron chi connectivity index (χ4n) is 2.34. The molecule has 0 aliphatic heterocycles. The summed E-state index contributed by atoms with van der Waals surface area (Å²) in [5.41, 5.74) is 2.03. The van der Waals surface area contributed by atoms with E-state index in [9.17, 15) is 4.79 Å². The molecule has 94 valence electrons. The van der Waals surface area contributed by atoms with Crippen molar-refractivity contribution in [3.05, 3.63) is 77.9 Å². The molecular formula is C18H16O. The zero-order valence-corrected chi connectivity index (χ0v) is 10.7. The summed E-state index contributed by atoms with van der Waals surface area (Å²) in [5.74, 6) is 0.874. The van der Waals surface area contributed by atoms with Gasteiger partial charge in [-0.3, -0.25) is 4.79 Å². The van der Waals surface area contributed by atoms with Crippen LogP contribution in [0, 0.1) is 11.8 Å². The molecule has 2 atom stereocenters.